The number of likely N-dealkylation sites (N-methyl/N-ethyl adjacent to an activating group) is 1. The number of rotatable bonds is 48. The number of nitrogens with zero attached hydrogens (tertiary/aromatic N) is 1. The van der Waals surface area contributed by atoms with Gasteiger partial charge < -0.3 is 28.6 Å². The molecule has 0 aliphatic heterocycles. The summed E-state index contributed by atoms with van der Waals surface area (Å²) in [4.78, 5) is 37.1. The Morgan fingerprint density at radius 2 is 0.824 bits per heavy atom. The molecule has 0 aliphatic carbocycles. The van der Waals surface area contributed by atoms with Crippen molar-refractivity contribution in [1.29, 1.82) is 0 Å². The lowest BCUT2D eigenvalue weighted by atomic mass is 10.1. The molecule has 0 radical (unpaired) electrons. The summed E-state index contributed by atoms with van der Waals surface area (Å²) in [5, 5.41) is 11.7. The van der Waals surface area contributed by atoms with Crippen LogP contribution in [0.3, 0.4) is 0 Å². The minimum atomic E-state index is -1.13. The smallest absolute Gasteiger partial charge is 0.306 e. The van der Waals surface area contributed by atoms with Crippen molar-refractivity contribution < 1.29 is 38.2 Å². The Bertz CT molecular complexity index is 1430. The standard InChI is InChI=1S/C60H101NO7/c1-6-8-10-12-14-16-18-20-22-24-26-28-30-32-34-36-38-40-42-44-46-48-50-58(62)67-55-56(54-66-53-52-57(60(64)65)61(3,4)5)68-59(63)51-49-47-45-43-41-39-37-35-33-31-29-27-25-23-21-19-17-15-13-11-9-7-2/h9,11,14-17,20-23,26-29,33,35,56-57H,6-8,10,12-13,18-19,24-25,30-32,34,36-55H2,1-5H3/b11-9+,16-14+,17-15+,22-20+,23-21+,28-26+,29-27+,35-33+. The van der Waals surface area contributed by atoms with Crippen molar-refractivity contribution >= 4 is 17.9 Å². The zero-order valence-corrected chi connectivity index (χ0v) is 44.2. The van der Waals surface area contributed by atoms with E-state index in [1.54, 1.807) is 21.1 Å². The predicted octanol–water partition coefficient (Wildman–Crippen LogP) is 14.9. The zero-order chi connectivity index (χ0) is 49.9. The first kappa shape index (κ1) is 64.2. The highest BCUT2D eigenvalue weighted by atomic mass is 16.6. The van der Waals surface area contributed by atoms with Gasteiger partial charge in [-0.15, -0.1) is 0 Å². The first-order valence-corrected chi connectivity index (χ1v) is 27.3. The summed E-state index contributed by atoms with van der Waals surface area (Å²) in [5.41, 5.74) is 0. The summed E-state index contributed by atoms with van der Waals surface area (Å²) in [5.74, 6) is -1.77. The average Bonchev–Trinajstić information content (AvgIpc) is 3.30. The van der Waals surface area contributed by atoms with Crippen molar-refractivity contribution in [3.8, 4) is 0 Å². The second kappa shape index (κ2) is 49.7. The number of carboxylic acid groups (broad SMARTS) is 1. The molecule has 68 heavy (non-hydrogen) atoms. The maximum Gasteiger partial charge on any atom is 0.306 e. The van der Waals surface area contributed by atoms with Crippen molar-refractivity contribution in [2.75, 3.05) is 41.0 Å². The van der Waals surface area contributed by atoms with Crippen molar-refractivity contribution in [3.05, 3.63) is 97.2 Å². The zero-order valence-electron chi connectivity index (χ0n) is 44.2. The number of carboxylic acids is 1. The summed E-state index contributed by atoms with van der Waals surface area (Å²) >= 11 is 0. The molecule has 0 aliphatic rings. The first-order valence-electron chi connectivity index (χ1n) is 27.3. The number of carbonyl (C=O) groups excluding carboxylic acids is 3. The Kier molecular flexibility index (Phi) is 46.9. The Hall–Kier alpha value is -3.75. The molecule has 0 amide bonds. The Balaban J connectivity index is 4.27. The molecular weight excluding hydrogens is 847 g/mol. The van der Waals surface area contributed by atoms with E-state index < -0.39 is 18.1 Å². The number of ether oxygens (including phenoxy) is 3. The van der Waals surface area contributed by atoms with Crippen LogP contribution in [0.25, 0.3) is 0 Å². The molecule has 0 aromatic heterocycles. The highest BCUT2D eigenvalue weighted by Crippen LogP contribution is 2.14. The van der Waals surface area contributed by atoms with E-state index in [1.807, 2.05) is 0 Å². The molecule has 0 spiro atoms. The molecule has 2 unspecified atom stereocenters. The molecule has 0 bridgehead atoms. The molecule has 0 rings (SSSR count). The van der Waals surface area contributed by atoms with Crippen LogP contribution >= 0.6 is 0 Å². The number of esters is 2. The van der Waals surface area contributed by atoms with Gasteiger partial charge in [-0.25, -0.2) is 0 Å². The summed E-state index contributed by atoms with van der Waals surface area (Å²) in [7, 11) is 5.40. The van der Waals surface area contributed by atoms with Crippen LogP contribution in [0, 0.1) is 0 Å². The van der Waals surface area contributed by atoms with Gasteiger partial charge in [-0.05, 0) is 96.3 Å². The van der Waals surface area contributed by atoms with Crippen LogP contribution in [0.5, 0.6) is 0 Å². The van der Waals surface area contributed by atoms with Crippen LogP contribution in [0.4, 0.5) is 0 Å². The molecule has 0 aromatic rings. The van der Waals surface area contributed by atoms with Crippen LogP contribution in [0.15, 0.2) is 97.2 Å². The first-order chi connectivity index (χ1) is 33.1. The van der Waals surface area contributed by atoms with Crippen molar-refractivity contribution in [1.82, 2.24) is 0 Å². The molecule has 8 heteroatoms. The third-order valence-corrected chi connectivity index (χ3v) is 11.7. The average molecular weight is 948 g/mol. The molecule has 0 N–H and O–H groups in total. The highest BCUT2D eigenvalue weighted by molar-refractivity contribution is 5.70. The van der Waals surface area contributed by atoms with Crippen LogP contribution in [-0.2, 0) is 28.6 Å². The molecule has 0 saturated carbocycles. The summed E-state index contributed by atoms with van der Waals surface area (Å²) in [6, 6.07) is -0.736. The van der Waals surface area contributed by atoms with Crippen molar-refractivity contribution in [2.24, 2.45) is 0 Å². The third kappa shape index (κ3) is 47.3. The summed E-state index contributed by atoms with van der Waals surface area (Å²) in [6.07, 6.45) is 67.2. The van der Waals surface area contributed by atoms with Gasteiger partial charge in [0.1, 0.15) is 12.6 Å². The predicted molar refractivity (Wildman–Crippen MR) is 286 cm³/mol. The molecule has 8 nitrogen and oxygen atoms in total. The third-order valence-electron chi connectivity index (χ3n) is 11.7. The maximum atomic E-state index is 12.8. The van der Waals surface area contributed by atoms with Crippen molar-refractivity contribution in [2.45, 2.75) is 225 Å². The fourth-order valence-corrected chi connectivity index (χ4v) is 7.52. The number of hydrogen-bond donors (Lipinski definition) is 0. The van der Waals surface area contributed by atoms with Gasteiger partial charge in [0, 0.05) is 19.3 Å². The van der Waals surface area contributed by atoms with Crippen molar-refractivity contribution in [3.63, 3.8) is 0 Å². The monoisotopic (exact) mass is 948 g/mol. The van der Waals surface area contributed by atoms with Gasteiger partial charge in [-0.2, -0.15) is 0 Å². The molecule has 0 fully saturated rings. The lowest BCUT2D eigenvalue weighted by Gasteiger charge is -2.34. The van der Waals surface area contributed by atoms with E-state index in [4.69, 9.17) is 14.2 Å². The van der Waals surface area contributed by atoms with Gasteiger partial charge in [0.25, 0.3) is 0 Å². The Morgan fingerprint density at radius 3 is 1.22 bits per heavy atom. The summed E-state index contributed by atoms with van der Waals surface area (Å²) in [6.45, 7) is 4.50. The number of allylic oxidation sites excluding steroid dienone is 16. The molecule has 0 heterocycles. The van der Waals surface area contributed by atoms with E-state index in [9.17, 15) is 19.5 Å². The maximum absolute atomic E-state index is 12.8. The van der Waals surface area contributed by atoms with Gasteiger partial charge in [-0.1, -0.05) is 195 Å². The minimum absolute atomic E-state index is 0.0275. The number of quaternary nitrogens is 1. The highest BCUT2D eigenvalue weighted by Gasteiger charge is 2.25. The molecule has 2 atom stereocenters. The van der Waals surface area contributed by atoms with Crippen LogP contribution in [0.2, 0.25) is 0 Å². The number of hydrogen-bond acceptors (Lipinski definition) is 7. The lowest BCUT2D eigenvalue weighted by Crippen LogP contribution is -2.55. The molecule has 0 saturated heterocycles. The molecular formula is C60H101NO7. The van der Waals surface area contributed by atoms with Gasteiger partial charge in [0.15, 0.2) is 6.10 Å². The van der Waals surface area contributed by atoms with E-state index in [1.165, 1.54) is 77.0 Å². The normalized spacial score (nSPS) is 13.6. The second-order valence-electron chi connectivity index (χ2n) is 19.1. The Morgan fingerprint density at radius 1 is 0.456 bits per heavy atom. The molecule has 0 aromatic carbocycles. The Labute approximate surface area is 417 Å². The lowest BCUT2D eigenvalue weighted by molar-refractivity contribution is -0.889. The second-order valence-corrected chi connectivity index (χ2v) is 19.1. The van der Waals surface area contributed by atoms with Gasteiger partial charge >= 0.3 is 11.9 Å². The van der Waals surface area contributed by atoms with E-state index >= 15 is 0 Å². The van der Waals surface area contributed by atoms with Crippen LogP contribution in [0.1, 0.15) is 213 Å². The van der Waals surface area contributed by atoms with E-state index in [0.29, 0.717) is 12.8 Å². The van der Waals surface area contributed by atoms with Gasteiger partial charge in [0.2, 0.25) is 0 Å². The van der Waals surface area contributed by atoms with E-state index in [2.05, 4.69) is 111 Å². The number of unbranched alkanes of at least 4 members (excludes halogenated alkanes) is 18. The quantitative estimate of drug-likeness (QED) is 0.0259. The topological polar surface area (TPSA) is 102 Å². The summed E-state index contributed by atoms with van der Waals surface area (Å²) < 4.78 is 17.3. The number of aliphatic carboxylic acids is 1. The van der Waals surface area contributed by atoms with Crippen LogP contribution in [-0.4, -0.2) is 75.5 Å². The molecule has 388 valence electrons. The van der Waals surface area contributed by atoms with Gasteiger partial charge in [0.05, 0.1) is 40.3 Å². The van der Waals surface area contributed by atoms with E-state index in [-0.39, 0.29) is 42.7 Å². The van der Waals surface area contributed by atoms with Gasteiger partial charge in [-0.3, -0.25) is 9.59 Å². The number of carbonyl (C=O) groups is 3. The van der Waals surface area contributed by atoms with E-state index in [0.717, 1.165) is 103 Å². The fourth-order valence-electron chi connectivity index (χ4n) is 7.52. The fraction of sp³-hybridized carbons (Fsp3) is 0.683. The SMILES string of the molecule is CC/C=C/C/C=C/C/C=C/C/C=C/C/C=C/CCCCCCCCC(=O)OC(COCCC(C(=O)[O-])[N+](C)(C)C)COC(=O)CCCCCCCCCCC/C=C/C/C=C/C/C=C/CCCCC. The largest absolute Gasteiger partial charge is 0.544 e. The minimum Gasteiger partial charge on any atom is -0.544 e. The van der Waals surface area contributed by atoms with Crippen LogP contribution < -0.4 is 5.11 Å².